The number of imidazole rings is 1. The third-order valence-electron chi connectivity index (χ3n) is 6.39. The van der Waals surface area contributed by atoms with E-state index in [1.807, 2.05) is 6.92 Å². The molecule has 36 heavy (non-hydrogen) atoms. The van der Waals surface area contributed by atoms with E-state index < -0.39 is 6.10 Å². The summed E-state index contributed by atoms with van der Waals surface area (Å²) in [5.41, 5.74) is 3.36. The molecule has 2 N–H and O–H groups in total. The lowest BCUT2D eigenvalue weighted by Gasteiger charge is -2.40. The molecule has 0 aliphatic carbocycles. The predicted molar refractivity (Wildman–Crippen MR) is 136 cm³/mol. The quantitative estimate of drug-likeness (QED) is 0.276. The number of aliphatic hydroxyl groups excluding tert-OH is 1. The maximum absolute atomic E-state index is 13.6. The van der Waals surface area contributed by atoms with E-state index >= 15 is 0 Å². The van der Waals surface area contributed by atoms with Gasteiger partial charge < -0.3 is 10.1 Å². The minimum atomic E-state index is -0.514. The minimum absolute atomic E-state index is 0.0911. The van der Waals surface area contributed by atoms with E-state index in [0.29, 0.717) is 23.8 Å². The molecule has 1 fully saturated rings. The zero-order valence-corrected chi connectivity index (χ0v) is 20.8. The number of benzene rings is 2. The van der Waals surface area contributed by atoms with Crippen molar-refractivity contribution in [1.29, 1.82) is 0 Å². The molecular formula is C26H28F2N6OS. The van der Waals surface area contributed by atoms with E-state index in [2.05, 4.69) is 29.7 Å². The largest absolute Gasteiger partial charge is 0.391 e. The van der Waals surface area contributed by atoms with Gasteiger partial charge in [0.25, 0.3) is 0 Å². The second-order valence-corrected chi connectivity index (χ2v) is 9.99. The van der Waals surface area contributed by atoms with E-state index in [1.54, 1.807) is 30.6 Å². The van der Waals surface area contributed by atoms with Crippen LogP contribution in [0.3, 0.4) is 0 Å². The Morgan fingerprint density at radius 1 is 0.944 bits per heavy atom. The Bertz CT molecular complexity index is 1250. The zero-order valence-electron chi connectivity index (χ0n) is 19.9. The number of nitrogens with one attached hydrogen (secondary N) is 1. The van der Waals surface area contributed by atoms with Gasteiger partial charge in [-0.15, -0.1) is 11.8 Å². The van der Waals surface area contributed by atoms with Gasteiger partial charge >= 0.3 is 0 Å². The van der Waals surface area contributed by atoms with Gasteiger partial charge in [0.2, 0.25) is 0 Å². The first-order valence-electron chi connectivity index (χ1n) is 11.9. The van der Waals surface area contributed by atoms with Crippen LogP contribution >= 0.6 is 11.8 Å². The lowest BCUT2D eigenvalue weighted by Crippen LogP contribution is -2.50. The maximum atomic E-state index is 13.6. The maximum Gasteiger partial charge on any atom is 0.181 e. The van der Waals surface area contributed by atoms with Crippen LogP contribution in [0.1, 0.15) is 23.0 Å². The van der Waals surface area contributed by atoms with Crippen LogP contribution in [-0.2, 0) is 0 Å². The summed E-state index contributed by atoms with van der Waals surface area (Å²) >= 11 is 1.50. The van der Waals surface area contributed by atoms with Gasteiger partial charge in [-0.05, 0) is 42.3 Å². The molecule has 10 heteroatoms. The molecule has 1 aliphatic heterocycles. The molecule has 1 atom stereocenters. The highest BCUT2D eigenvalue weighted by Gasteiger charge is 2.27. The van der Waals surface area contributed by atoms with Crippen molar-refractivity contribution in [2.24, 2.45) is 0 Å². The monoisotopic (exact) mass is 510 g/mol. The Hall–Kier alpha value is -2.92. The van der Waals surface area contributed by atoms with E-state index in [-0.39, 0.29) is 17.7 Å². The number of halogens is 2. The second-order valence-electron chi connectivity index (χ2n) is 8.98. The number of H-pyrrole nitrogens is 1. The highest BCUT2D eigenvalue weighted by atomic mass is 32.2. The SMILES string of the molecule is Cc1nc(SCC(O)CN2CCN(C(c3ccc(F)cc3)c3ccc(F)cc3)CC2)c2[nH]cnc2n1. The van der Waals surface area contributed by atoms with Crippen LogP contribution in [0.4, 0.5) is 8.78 Å². The summed E-state index contributed by atoms with van der Waals surface area (Å²) in [5.74, 6) is 0.607. The van der Waals surface area contributed by atoms with Crippen LogP contribution in [0.15, 0.2) is 59.9 Å². The number of nitrogens with zero attached hydrogens (tertiary/aromatic N) is 5. The van der Waals surface area contributed by atoms with Crippen molar-refractivity contribution in [2.45, 2.75) is 24.1 Å². The molecular weight excluding hydrogens is 482 g/mol. The molecule has 0 saturated carbocycles. The summed E-state index contributed by atoms with van der Waals surface area (Å²) in [6, 6.07) is 12.9. The highest BCUT2D eigenvalue weighted by Crippen LogP contribution is 2.30. The fraction of sp³-hybridized carbons (Fsp3) is 0.346. The Morgan fingerprint density at radius 3 is 2.17 bits per heavy atom. The summed E-state index contributed by atoms with van der Waals surface area (Å²) in [4.78, 5) is 20.7. The Kier molecular flexibility index (Phi) is 7.56. The van der Waals surface area contributed by atoms with Crippen molar-refractivity contribution < 1.29 is 13.9 Å². The molecule has 0 spiro atoms. The van der Waals surface area contributed by atoms with Gasteiger partial charge in [-0.2, -0.15) is 0 Å². The van der Waals surface area contributed by atoms with E-state index in [9.17, 15) is 13.9 Å². The van der Waals surface area contributed by atoms with Crippen LogP contribution in [-0.4, -0.2) is 79.4 Å². The van der Waals surface area contributed by atoms with E-state index in [0.717, 1.165) is 47.8 Å². The molecule has 0 bridgehead atoms. The van der Waals surface area contributed by atoms with Crippen LogP contribution < -0.4 is 0 Å². The fourth-order valence-electron chi connectivity index (χ4n) is 4.65. The van der Waals surface area contributed by atoms with Crippen molar-refractivity contribution in [3.63, 3.8) is 0 Å². The number of hydrogen-bond donors (Lipinski definition) is 2. The summed E-state index contributed by atoms with van der Waals surface area (Å²) in [7, 11) is 0. The molecule has 3 heterocycles. The summed E-state index contributed by atoms with van der Waals surface area (Å²) in [5, 5.41) is 11.5. The molecule has 0 radical (unpaired) electrons. The van der Waals surface area contributed by atoms with Crippen LogP contribution in [0, 0.1) is 18.6 Å². The van der Waals surface area contributed by atoms with Gasteiger partial charge in [0.05, 0.1) is 18.5 Å². The molecule has 2 aromatic heterocycles. The number of aromatic nitrogens is 4. The first-order chi connectivity index (χ1) is 17.5. The number of hydrogen-bond acceptors (Lipinski definition) is 7. The Labute approximate surface area is 212 Å². The number of aryl methyl sites for hydroxylation is 1. The summed E-state index contributed by atoms with van der Waals surface area (Å²) < 4.78 is 27.1. The lowest BCUT2D eigenvalue weighted by molar-refractivity contribution is 0.0708. The van der Waals surface area contributed by atoms with Gasteiger partial charge in [-0.25, -0.2) is 23.7 Å². The van der Waals surface area contributed by atoms with Gasteiger partial charge in [0.15, 0.2) is 5.65 Å². The summed E-state index contributed by atoms with van der Waals surface area (Å²) in [6.45, 7) is 5.53. The topological polar surface area (TPSA) is 81.2 Å². The third-order valence-corrected chi connectivity index (χ3v) is 7.51. The molecule has 7 nitrogen and oxygen atoms in total. The molecule has 1 aliphatic rings. The zero-order chi connectivity index (χ0) is 25.1. The Balaban J connectivity index is 1.20. The number of thioether (sulfide) groups is 1. The molecule has 2 aromatic carbocycles. The molecule has 1 unspecified atom stereocenters. The van der Waals surface area contributed by atoms with Gasteiger partial charge in [-0.1, -0.05) is 24.3 Å². The van der Waals surface area contributed by atoms with Gasteiger partial charge in [0, 0.05) is 38.5 Å². The molecule has 188 valence electrons. The minimum Gasteiger partial charge on any atom is -0.391 e. The van der Waals surface area contributed by atoms with E-state index in [4.69, 9.17) is 0 Å². The van der Waals surface area contributed by atoms with Crippen molar-refractivity contribution in [3.8, 4) is 0 Å². The smallest absolute Gasteiger partial charge is 0.181 e. The molecule has 0 amide bonds. The van der Waals surface area contributed by atoms with Crippen molar-refractivity contribution in [3.05, 3.63) is 83.4 Å². The highest BCUT2D eigenvalue weighted by molar-refractivity contribution is 7.99. The van der Waals surface area contributed by atoms with Crippen molar-refractivity contribution in [2.75, 3.05) is 38.5 Å². The first kappa shape index (κ1) is 24.8. The third kappa shape index (κ3) is 5.73. The molecule has 1 saturated heterocycles. The molecule has 4 aromatic rings. The Morgan fingerprint density at radius 2 is 1.56 bits per heavy atom. The first-order valence-corrected chi connectivity index (χ1v) is 12.9. The number of rotatable bonds is 8. The fourth-order valence-corrected chi connectivity index (χ4v) is 5.60. The van der Waals surface area contributed by atoms with E-state index in [1.165, 1.54) is 36.0 Å². The number of fused-ring (bicyclic) bond motifs is 1. The second kappa shape index (κ2) is 11.0. The lowest BCUT2D eigenvalue weighted by atomic mass is 9.96. The van der Waals surface area contributed by atoms with Crippen molar-refractivity contribution >= 4 is 22.9 Å². The average Bonchev–Trinajstić information content (AvgIpc) is 3.35. The standard InChI is InChI=1S/C26H28F2N6OS/c1-17-31-25-23(29-16-30-25)26(32-17)36-15-22(35)14-33-10-12-34(13-11-33)24(18-2-6-20(27)7-3-18)19-4-8-21(28)9-5-19/h2-9,16,22,24,35H,10-15H2,1H3,(H,29,30,31,32). The average molecular weight is 511 g/mol. The number of aliphatic hydroxyl groups is 1. The van der Waals surface area contributed by atoms with Crippen LogP contribution in [0.25, 0.3) is 11.2 Å². The van der Waals surface area contributed by atoms with Gasteiger partial charge in [-0.3, -0.25) is 9.80 Å². The van der Waals surface area contributed by atoms with Crippen molar-refractivity contribution in [1.82, 2.24) is 29.7 Å². The van der Waals surface area contributed by atoms with Crippen LogP contribution in [0.2, 0.25) is 0 Å². The number of aromatic amines is 1. The number of β-amino-alcohol motifs (C(OH)–C–C–N with tert-alkyl or cyclic N) is 1. The number of piperazine rings is 1. The molecule has 5 rings (SSSR count). The normalized spacial score (nSPS) is 16.1. The van der Waals surface area contributed by atoms with Gasteiger partial charge in [0.1, 0.15) is 28.0 Å². The van der Waals surface area contributed by atoms with Crippen LogP contribution in [0.5, 0.6) is 0 Å². The predicted octanol–water partition coefficient (Wildman–Crippen LogP) is 3.80. The summed E-state index contributed by atoms with van der Waals surface area (Å²) in [6.07, 6.45) is 1.09.